The van der Waals surface area contributed by atoms with Gasteiger partial charge < -0.3 is 15.2 Å². The first-order chi connectivity index (χ1) is 6.59. The minimum absolute atomic E-state index is 0.191. The minimum atomic E-state index is -0.207. The van der Waals surface area contributed by atoms with E-state index >= 15 is 0 Å². The molecular formula is C10H9NO3. The number of aromatic amines is 1. The van der Waals surface area contributed by atoms with Gasteiger partial charge in [0.2, 0.25) is 0 Å². The predicted molar refractivity (Wildman–Crippen MR) is 52.6 cm³/mol. The highest BCUT2D eigenvalue weighted by atomic mass is 16.3. The van der Waals surface area contributed by atoms with Gasteiger partial charge in [0.05, 0.1) is 5.52 Å². The van der Waals surface area contributed by atoms with Gasteiger partial charge in [-0.25, -0.2) is 0 Å². The first-order valence-electron chi connectivity index (χ1n) is 4.14. The Morgan fingerprint density at radius 2 is 2.00 bits per heavy atom. The molecule has 14 heavy (non-hydrogen) atoms. The van der Waals surface area contributed by atoms with Gasteiger partial charge in [0.1, 0.15) is 0 Å². The van der Waals surface area contributed by atoms with Crippen molar-refractivity contribution in [2.75, 3.05) is 0 Å². The number of fused-ring (bicyclic) bond motifs is 1. The summed E-state index contributed by atoms with van der Waals surface area (Å²) in [6.07, 6.45) is 0. The average molecular weight is 191 g/mol. The fraction of sp³-hybridized carbons (Fsp3) is 0.100. The quantitative estimate of drug-likeness (QED) is 0.548. The van der Waals surface area contributed by atoms with E-state index in [1.165, 1.54) is 6.07 Å². The maximum atomic E-state index is 11.2. The van der Waals surface area contributed by atoms with Crippen LogP contribution in [0.2, 0.25) is 0 Å². The first kappa shape index (κ1) is 8.62. The Morgan fingerprint density at radius 1 is 1.29 bits per heavy atom. The molecule has 1 aromatic heterocycles. The highest BCUT2D eigenvalue weighted by Gasteiger charge is 2.06. The number of aromatic hydroxyl groups is 2. The monoisotopic (exact) mass is 191 g/mol. The fourth-order valence-corrected chi connectivity index (χ4v) is 1.35. The largest absolute Gasteiger partial charge is 0.504 e. The second-order valence-electron chi connectivity index (χ2n) is 3.18. The number of aromatic nitrogens is 1. The molecule has 4 nitrogen and oxygen atoms in total. The van der Waals surface area contributed by atoms with Crippen LogP contribution in [0.15, 0.2) is 23.0 Å². The third kappa shape index (κ3) is 1.12. The fourth-order valence-electron chi connectivity index (χ4n) is 1.35. The lowest BCUT2D eigenvalue weighted by atomic mass is 10.1. The molecule has 4 heteroatoms. The topological polar surface area (TPSA) is 73.3 Å². The van der Waals surface area contributed by atoms with Crippen molar-refractivity contribution >= 4 is 10.9 Å². The lowest BCUT2D eigenvalue weighted by molar-refractivity contribution is 0.408. The second-order valence-corrected chi connectivity index (χ2v) is 3.18. The summed E-state index contributed by atoms with van der Waals surface area (Å²) >= 11 is 0. The maximum absolute atomic E-state index is 11.2. The van der Waals surface area contributed by atoms with Crippen LogP contribution in [0.5, 0.6) is 11.5 Å². The summed E-state index contributed by atoms with van der Waals surface area (Å²) in [5.74, 6) is -0.397. The van der Waals surface area contributed by atoms with Crippen LogP contribution in [0.4, 0.5) is 0 Å². The summed E-state index contributed by atoms with van der Waals surface area (Å²) in [6.45, 7) is 1.64. The summed E-state index contributed by atoms with van der Waals surface area (Å²) < 4.78 is 0. The van der Waals surface area contributed by atoms with Crippen LogP contribution in [-0.2, 0) is 0 Å². The molecule has 0 aliphatic heterocycles. The van der Waals surface area contributed by atoms with E-state index in [1.807, 2.05) is 0 Å². The molecule has 1 aromatic carbocycles. The molecule has 0 aliphatic carbocycles. The number of benzene rings is 1. The Bertz CT molecular complexity index is 557. The summed E-state index contributed by atoms with van der Waals surface area (Å²) in [5, 5.41) is 19.2. The molecule has 0 amide bonds. The van der Waals surface area contributed by atoms with E-state index in [2.05, 4.69) is 4.98 Å². The van der Waals surface area contributed by atoms with Crippen LogP contribution in [0.3, 0.4) is 0 Å². The molecule has 2 aromatic rings. The molecule has 0 bridgehead atoms. The zero-order valence-electron chi connectivity index (χ0n) is 7.53. The number of pyridine rings is 1. The van der Waals surface area contributed by atoms with Crippen LogP contribution in [-0.4, -0.2) is 15.2 Å². The molecule has 0 radical (unpaired) electrons. The van der Waals surface area contributed by atoms with E-state index in [0.717, 1.165) is 0 Å². The van der Waals surface area contributed by atoms with Gasteiger partial charge in [-0.15, -0.1) is 0 Å². The number of phenolic OH excluding ortho intramolecular Hbond substituents is 2. The molecule has 3 N–H and O–H groups in total. The number of phenols is 2. The molecule has 2 rings (SSSR count). The van der Waals surface area contributed by atoms with Crippen LogP contribution >= 0.6 is 0 Å². The number of H-pyrrole nitrogens is 1. The van der Waals surface area contributed by atoms with Gasteiger partial charge in [0.15, 0.2) is 11.5 Å². The Hall–Kier alpha value is -1.97. The van der Waals surface area contributed by atoms with Crippen molar-refractivity contribution in [2.24, 2.45) is 0 Å². The summed E-state index contributed by atoms with van der Waals surface area (Å²) in [6, 6.07) is 4.43. The van der Waals surface area contributed by atoms with Crippen molar-refractivity contribution in [3.8, 4) is 11.5 Å². The van der Waals surface area contributed by atoms with E-state index in [1.54, 1.807) is 19.1 Å². The van der Waals surface area contributed by atoms with Gasteiger partial charge in [-0.1, -0.05) is 0 Å². The molecule has 0 aliphatic rings. The normalized spacial score (nSPS) is 10.6. The van der Waals surface area contributed by atoms with Gasteiger partial charge in [-0.05, 0) is 25.1 Å². The van der Waals surface area contributed by atoms with Crippen LogP contribution < -0.4 is 5.56 Å². The predicted octanol–water partition coefficient (Wildman–Crippen LogP) is 1.25. The Morgan fingerprint density at radius 3 is 2.71 bits per heavy atom. The standard InChI is InChI=1S/C10H9NO3/c1-5-4-6-7(11-10(5)14)2-3-8(12)9(6)13/h2-4,12-13H,1H3,(H,11,14). The highest BCUT2D eigenvalue weighted by molar-refractivity contribution is 5.87. The van der Waals surface area contributed by atoms with E-state index < -0.39 is 0 Å². The molecule has 0 fully saturated rings. The van der Waals surface area contributed by atoms with Gasteiger partial charge in [-0.3, -0.25) is 4.79 Å². The maximum Gasteiger partial charge on any atom is 0.251 e. The Labute approximate surface area is 79.4 Å². The van der Waals surface area contributed by atoms with E-state index in [0.29, 0.717) is 16.5 Å². The van der Waals surface area contributed by atoms with E-state index in [-0.39, 0.29) is 17.1 Å². The van der Waals surface area contributed by atoms with E-state index in [4.69, 9.17) is 0 Å². The zero-order chi connectivity index (χ0) is 10.3. The van der Waals surface area contributed by atoms with Crippen LogP contribution in [0.1, 0.15) is 5.56 Å². The number of hydrogen-bond donors (Lipinski definition) is 3. The highest BCUT2D eigenvalue weighted by Crippen LogP contribution is 2.31. The van der Waals surface area contributed by atoms with Gasteiger partial charge in [0.25, 0.3) is 5.56 Å². The number of rotatable bonds is 0. The molecule has 0 atom stereocenters. The molecule has 0 saturated carbocycles. The van der Waals surface area contributed by atoms with Gasteiger partial charge in [0, 0.05) is 10.9 Å². The lowest BCUT2D eigenvalue weighted by Gasteiger charge is -2.03. The Kier molecular flexibility index (Phi) is 1.70. The smallest absolute Gasteiger partial charge is 0.251 e. The molecular weight excluding hydrogens is 182 g/mol. The Balaban J connectivity index is 2.97. The molecule has 0 unspecified atom stereocenters. The number of nitrogens with one attached hydrogen (secondary N) is 1. The van der Waals surface area contributed by atoms with Crippen molar-refractivity contribution in [3.05, 3.63) is 34.1 Å². The van der Waals surface area contributed by atoms with Gasteiger partial charge in [-0.2, -0.15) is 0 Å². The van der Waals surface area contributed by atoms with Crippen molar-refractivity contribution in [1.29, 1.82) is 0 Å². The SMILES string of the molecule is Cc1cc2c(O)c(O)ccc2[nH]c1=O. The third-order valence-electron chi connectivity index (χ3n) is 2.16. The first-order valence-corrected chi connectivity index (χ1v) is 4.14. The second kappa shape index (κ2) is 2.77. The third-order valence-corrected chi connectivity index (χ3v) is 2.16. The average Bonchev–Trinajstić information content (AvgIpc) is 2.15. The minimum Gasteiger partial charge on any atom is -0.504 e. The molecule has 0 saturated heterocycles. The summed E-state index contributed by atoms with van der Waals surface area (Å²) in [5.41, 5.74) is 0.817. The van der Waals surface area contributed by atoms with Crippen LogP contribution in [0, 0.1) is 6.92 Å². The summed E-state index contributed by atoms with van der Waals surface area (Å²) in [7, 11) is 0. The molecule has 1 heterocycles. The number of hydrogen-bond acceptors (Lipinski definition) is 3. The van der Waals surface area contributed by atoms with Crippen LogP contribution in [0.25, 0.3) is 10.9 Å². The lowest BCUT2D eigenvalue weighted by Crippen LogP contribution is -2.08. The van der Waals surface area contributed by atoms with E-state index in [9.17, 15) is 15.0 Å². The van der Waals surface area contributed by atoms with Gasteiger partial charge >= 0.3 is 0 Å². The van der Waals surface area contributed by atoms with Crippen molar-refractivity contribution in [2.45, 2.75) is 6.92 Å². The molecule has 72 valence electrons. The van der Waals surface area contributed by atoms with Crippen molar-refractivity contribution in [3.63, 3.8) is 0 Å². The zero-order valence-corrected chi connectivity index (χ0v) is 7.53. The van der Waals surface area contributed by atoms with Crippen molar-refractivity contribution in [1.82, 2.24) is 4.98 Å². The summed E-state index contributed by atoms with van der Waals surface area (Å²) in [4.78, 5) is 13.8. The molecule has 0 spiro atoms. The van der Waals surface area contributed by atoms with Crippen molar-refractivity contribution < 1.29 is 10.2 Å². The number of aryl methyl sites for hydroxylation is 1.